The fourth-order valence-electron chi connectivity index (χ4n) is 9.34. The highest BCUT2D eigenvalue weighted by Gasteiger charge is 2.61. The van der Waals surface area contributed by atoms with Crippen LogP contribution in [-0.2, 0) is 21.4 Å². The molecule has 53 heavy (non-hydrogen) atoms. The molecule has 1 spiro atoms. The number of hydrogen-bond acceptors (Lipinski definition) is 9. The van der Waals surface area contributed by atoms with Crippen molar-refractivity contribution in [3.63, 3.8) is 0 Å². The number of benzene rings is 3. The predicted molar refractivity (Wildman–Crippen MR) is 194 cm³/mol. The molecule has 3 unspecified atom stereocenters. The standard InChI is InChI=1S/C41H36N6O6/c1-19(2)31-37-46-33-34(53-37)41-24-9-5-8-22(21-7-6-10-26-30(21)23(17-42-26)29-18-43-36(33)51-29)32(24)47-39(41)52-28-12-11-20(15-25(28)41)16-27(35(48)45-31)44-38(49)40(50)13-3-4-14-40/h5-12,15,17-19,27,31,39,42,47,50H,3-4,13-14,16H2,1-2H3,(H,44,49)(H,45,48)/t27?,31-,39?,41?/m0/s1. The Balaban J connectivity index is 1.19. The zero-order chi connectivity index (χ0) is 35.8. The number of nitrogens with one attached hydrogen (secondary N) is 4. The lowest BCUT2D eigenvalue weighted by Gasteiger charge is -2.29. The number of aliphatic hydroxyl groups is 1. The molecule has 7 heterocycles. The minimum Gasteiger partial charge on any atom is -0.469 e. The number of carbonyl (C=O) groups excluding carboxylic acids is 2. The van der Waals surface area contributed by atoms with Crippen LogP contribution in [0.1, 0.15) is 73.9 Å². The van der Waals surface area contributed by atoms with Gasteiger partial charge in [-0.1, -0.05) is 56.3 Å². The number of ether oxygens (including phenoxy) is 1. The Morgan fingerprint density at radius 2 is 1.83 bits per heavy atom. The zero-order valence-electron chi connectivity index (χ0n) is 29.1. The lowest BCUT2D eigenvalue weighted by molar-refractivity contribution is -0.142. The maximum Gasteiger partial charge on any atom is 0.252 e. The summed E-state index contributed by atoms with van der Waals surface area (Å²) >= 11 is 0. The summed E-state index contributed by atoms with van der Waals surface area (Å²) in [5.41, 5.74) is 5.18. The lowest BCUT2D eigenvalue weighted by atomic mass is 9.72. The SMILES string of the molecule is CC(C)[C@@H]1NC(=O)C(NC(=O)C2(O)CCCC2)Cc2ccc3c(c2)C24c5cccc(c5NC2O3)-c2cccc3[nH]cc(c23)-c2cnc(o2)-c2nc1oc24. The topological polar surface area (TPSA) is 168 Å². The minimum atomic E-state index is -1.50. The van der Waals surface area contributed by atoms with Crippen molar-refractivity contribution in [2.75, 3.05) is 5.32 Å². The van der Waals surface area contributed by atoms with Crippen LogP contribution in [-0.4, -0.2) is 49.7 Å². The molecule has 6 aromatic rings. The summed E-state index contributed by atoms with van der Waals surface area (Å²) in [5, 5.41) is 22.0. The van der Waals surface area contributed by atoms with E-state index in [2.05, 4.69) is 45.2 Å². The Labute approximate surface area is 303 Å². The number of H-pyrrole nitrogens is 1. The molecule has 5 N–H and O–H groups in total. The third kappa shape index (κ3) is 4.09. The van der Waals surface area contributed by atoms with Crippen LogP contribution in [0.5, 0.6) is 5.75 Å². The number of aromatic nitrogens is 3. The second-order valence-corrected chi connectivity index (χ2v) is 15.4. The number of carbonyl (C=O) groups is 2. The van der Waals surface area contributed by atoms with Crippen molar-refractivity contribution < 1.29 is 28.3 Å². The van der Waals surface area contributed by atoms with Crippen LogP contribution >= 0.6 is 0 Å². The molecule has 266 valence electrons. The van der Waals surface area contributed by atoms with Crippen molar-refractivity contribution >= 4 is 28.4 Å². The normalized spacial score (nSPS) is 24.2. The molecule has 10 bridgehead atoms. The van der Waals surface area contributed by atoms with Crippen LogP contribution in [0.4, 0.5) is 5.69 Å². The molecule has 12 nitrogen and oxygen atoms in total. The number of para-hydroxylation sites is 1. The number of amides is 2. The quantitative estimate of drug-likeness (QED) is 0.146. The van der Waals surface area contributed by atoms with E-state index in [-0.39, 0.29) is 24.1 Å². The van der Waals surface area contributed by atoms with E-state index < -0.39 is 41.1 Å². The number of oxazole rings is 2. The number of hydrogen-bond donors (Lipinski definition) is 5. The smallest absolute Gasteiger partial charge is 0.252 e. The summed E-state index contributed by atoms with van der Waals surface area (Å²) in [4.78, 5) is 41.2. The summed E-state index contributed by atoms with van der Waals surface area (Å²) in [6.45, 7) is 3.96. The fourth-order valence-corrected chi connectivity index (χ4v) is 9.34. The Hall–Kier alpha value is -5.88. The molecule has 3 aromatic carbocycles. The number of fused-ring (bicyclic) bond motifs is 7. The second-order valence-electron chi connectivity index (χ2n) is 15.4. The third-order valence-corrected chi connectivity index (χ3v) is 12.0. The average molecular weight is 709 g/mol. The van der Waals surface area contributed by atoms with Crippen LogP contribution in [0.3, 0.4) is 0 Å². The summed E-state index contributed by atoms with van der Waals surface area (Å²) in [7, 11) is 0. The molecule has 3 aromatic heterocycles. The van der Waals surface area contributed by atoms with Crippen LogP contribution in [0.25, 0.3) is 44.9 Å². The monoisotopic (exact) mass is 708 g/mol. The van der Waals surface area contributed by atoms with Gasteiger partial charge in [0.05, 0.1) is 6.20 Å². The molecule has 5 aliphatic rings. The molecule has 12 heteroatoms. The molecule has 11 rings (SSSR count). The first-order valence-corrected chi connectivity index (χ1v) is 18.3. The van der Waals surface area contributed by atoms with E-state index in [0.29, 0.717) is 35.8 Å². The van der Waals surface area contributed by atoms with Crippen molar-refractivity contribution in [3.05, 3.63) is 95.3 Å². The van der Waals surface area contributed by atoms with E-state index in [1.54, 1.807) is 6.20 Å². The van der Waals surface area contributed by atoms with E-state index in [9.17, 15) is 14.7 Å². The zero-order valence-corrected chi connectivity index (χ0v) is 29.1. The van der Waals surface area contributed by atoms with Gasteiger partial charge in [-0.05, 0) is 54.9 Å². The molecule has 2 amide bonds. The van der Waals surface area contributed by atoms with Gasteiger partial charge < -0.3 is 39.6 Å². The molecule has 4 atom stereocenters. The maximum atomic E-state index is 14.3. The highest BCUT2D eigenvalue weighted by molar-refractivity contribution is 6.07. The van der Waals surface area contributed by atoms with Crippen molar-refractivity contribution in [1.29, 1.82) is 0 Å². The molecule has 4 aliphatic heterocycles. The van der Waals surface area contributed by atoms with Gasteiger partial charge in [-0.2, -0.15) is 0 Å². The fraction of sp³-hybridized carbons (Fsp3) is 0.317. The number of nitrogens with zero attached hydrogens (tertiary/aromatic N) is 2. The highest BCUT2D eigenvalue weighted by atomic mass is 16.5. The maximum absolute atomic E-state index is 14.3. The molecule has 0 saturated heterocycles. The van der Waals surface area contributed by atoms with Crippen LogP contribution in [0.2, 0.25) is 0 Å². The number of anilines is 1. The van der Waals surface area contributed by atoms with Gasteiger partial charge in [0.25, 0.3) is 5.91 Å². The summed E-state index contributed by atoms with van der Waals surface area (Å²) in [5.74, 6) is 1.18. The van der Waals surface area contributed by atoms with Gasteiger partial charge in [-0.25, -0.2) is 9.97 Å². The molecule has 0 radical (unpaired) electrons. The van der Waals surface area contributed by atoms with Gasteiger partial charge in [0, 0.05) is 51.5 Å². The average Bonchev–Trinajstić information content (AvgIpc) is 3.99. The molecular formula is C41H36N6O6. The Morgan fingerprint density at radius 3 is 2.68 bits per heavy atom. The van der Waals surface area contributed by atoms with Gasteiger partial charge >= 0.3 is 0 Å². The van der Waals surface area contributed by atoms with Crippen LogP contribution in [0.15, 0.2) is 75.8 Å². The van der Waals surface area contributed by atoms with Crippen LogP contribution < -0.4 is 20.7 Å². The molecule has 1 saturated carbocycles. The van der Waals surface area contributed by atoms with Crippen molar-refractivity contribution in [2.24, 2.45) is 5.92 Å². The Bertz CT molecular complexity index is 2540. The molecule has 1 fully saturated rings. The first kappa shape index (κ1) is 30.7. The van der Waals surface area contributed by atoms with Gasteiger partial charge in [-0.3, -0.25) is 9.59 Å². The lowest BCUT2D eigenvalue weighted by Crippen LogP contribution is -2.55. The van der Waals surface area contributed by atoms with Gasteiger partial charge in [0.1, 0.15) is 28.8 Å². The van der Waals surface area contributed by atoms with Crippen LogP contribution in [0, 0.1) is 5.92 Å². The van der Waals surface area contributed by atoms with Gasteiger partial charge in [-0.15, -0.1) is 0 Å². The van der Waals surface area contributed by atoms with E-state index in [1.165, 1.54) is 0 Å². The van der Waals surface area contributed by atoms with E-state index in [1.807, 2.05) is 50.4 Å². The largest absolute Gasteiger partial charge is 0.469 e. The first-order chi connectivity index (χ1) is 25.7. The Kier molecular flexibility index (Phi) is 6.14. The molecule has 1 aliphatic carbocycles. The number of aromatic amines is 1. The van der Waals surface area contributed by atoms with E-state index in [4.69, 9.17) is 23.5 Å². The third-order valence-electron chi connectivity index (χ3n) is 12.0. The van der Waals surface area contributed by atoms with Crippen molar-refractivity contribution in [2.45, 2.75) is 75.3 Å². The van der Waals surface area contributed by atoms with Gasteiger partial charge in [0.2, 0.25) is 17.7 Å². The van der Waals surface area contributed by atoms with E-state index in [0.717, 1.165) is 62.8 Å². The summed E-state index contributed by atoms with van der Waals surface area (Å²) in [6.07, 6.45) is 5.44. The predicted octanol–water partition coefficient (Wildman–Crippen LogP) is 6.10. The molecular weight excluding hydrogens is 672 g/mol. The van der Waals surface area contributed by atoms with Crippen molar-refractivity contribution in [1.82, 2.24) is 25.6 Å². The second kappa shape index (κ2) is 10.6. The number of rotatable bonds is 3. The van der Waals surface area contributed by atoms with Gasteiger partial charge in [0.15, 0.2) is 23.4 Å². The highest BCUT2D eigenvalue weighted by Crippen LogP contribution is 2.61. The summed E-state index contributed by atoms with van der Waals surface area (Å²) < 4.78 is 20.5. The minimum absolute atomic E-state index is 0.163. The summed E-state index contributed by atoms with van der Waals surface area (Å²) in [6, 6.07) is 16.7. The van der Waals surface area contributed by atoms with Crippen molar-refractivity contribution in [3.8, 4) is 39.8 Å². The first-order valence-electron chi connectivity index (χ1n) is 18.3. The Morgan fingerprint density at radius 1 is 1.00 bits per heavy atom. The van der Waals surface area contributed by atoms with E-state index >= 15 is 0 Å².